The number of ether oxygens (including phenoxy) is 1. The van der Waals surface area contributed by atoms with Gasteiger partial charge in [0.1, 0.15) is 5.75 Å². The van der Waals surface area contributed by atoms with Gasteiger partial charge in [0.2, 0.25) is 0 Å². The molecular formula is C18H20N2O. The molecule has 3 heteroatoms. The van der Waals surface area contributed by atoms with Gasteiger partial charge in [-0.1, -0.05) is 31.2 Å². The van der Waals surface area contributed by atoms with E-state index in [2.05, 4.69) is 42.6 Å². The second kappa shape index (κ2) is 6.92. The van der Waals surface area contributed by atoms with Gasteiger partial charge in [0.05, 0.1) is 18.7 Å². The molecule has 0 amide bonds. The van der Waals surface area contributed by atoms with Crippen LogP contribution in [0.5, 0.6) is 5.75 Å². The molecule has 0 bridgehead atoms. The van der Waals surface area contributed by atoms with Crippen LogP contribution in [0.1, 0.15) is 30.5 Å². The SMILES string of the molecule is CCC(NC)c1ccc(-c2cc(C#N)ccc2OC)cc1. The second-order valence-electron chi connectivity index (χ2n) is 4.90. The number of nitrogens with one attached hydrogen (secondary N) is 1. The first-order valence-electron chi connectivity index (χ1n) is 7.09. The van der Waals surface area contributed by atoms with E-state index < -0.39 is 0 Å². The molecule has 0 saturated heterocycles. The first kappa shape index (κ1) is 15.1. The van der Waals surface area contributed by atoms with Crippen molar-refractivity contribution in [2.75, 3.05) is 14.2 Å². The number of methoxy groups -OCH3 is 1. The van der Waals surface area contributed by atoms with Gasteiger partial charge in [-0.2, -0.15) is 5.26 Å². The first-order chi connectivity index (χ1) is 10.2. The summed E-state index contributed by atoms with van der Waals surface area (Å²) in [4.78, 5) is 0. The maximum Gasteiger partial charge on any atom is 0.126 e. The zero-order valence-electron chi connectivity index (χ0n) is 12.7. The monoisotopic (exact) mass is 280 g/mol. The van der Waals surface area contributed by atoms with Crippen LogP contribution in [0.15, 0.2) is 42.5 Å². The largest absolute Gasteiger partial charge is 0.496 e. The maximum absolute atomic E-state index is 9.05. The summed E-state index contributed by atoms with van der Waals surface area (Å²) in [5, 5.41) is 12.4. The molecule has 0 spiro atoms. The average molecular weight is 280 g/mol. The molecule has 1 atom stereocenters. The molecule has 0 heterocycles. The van der Waals surface area contributed by atoms with Crippen molar-refractivity contribution in [3.63, 3.8) is 0 Å². The molecule has 1 unspecified atom stereocenters. The van der Waals surface area contributed by atoms with E-state index in [4.69, 9.17) is 10.00 Å². The number of rotatable bonds is 5. The maximum atomic E-state index is 9.05. The molecule has 0 fully saturated rings. The summed E-state index contributed by atoms with van der Waals surface area (Å²) in [5.74, 6) is 0.780. The standard InChI is InChI=1S/C18H20N2O/c1-4-17(20-2)15-8-6-14(7-9-15)16-11-13(12-19)5-10-18(16)21-3/h5-11,17,20H,4H2,1-3H3. The number of nitriles is 1. The molecule has 21 heavy (non-hydrogen) atoms. The van der Waals surface area contributed by atoms with Crippen LogP contribution in [0, 0.1) is 11.3 Å². The van der Waals surface area contributed by atoms with E-state index in [0.29, 0.717) is 11.6 Å². The Bertz CT molecular complexity index is 637. The molecule has 3 nitrogen and oxygen atoms in total. The molecule has 0 saturated carbocycles. The van der Waals surface area contributed by atoms with Crippen molar-refractivity contribution in [1.29, 1.82) is 5.26 Å². The topological polar surface area (TPSA) is 45.0 Å². The predicted molar refractivity (Wildman–Crippen MR) is 85.2 cm³/mol. The Morgan fingerprint density at radius 2 is 1.90 bits per heavy atom. The van der Waals surface area contributed by atoms with Crippen molar-refractivity contribution in [1.82, 2.24) is 5.32 Å². The van der Waals surface area contributed by atoms with Gasteiger partial charge in [-0.05, 0) is 42.8 Å². The van der Waals surface area contributed by atoms with Crippen molar-refractivity contribution < 1.29 is 4.74 Å². The van der Waals surface area contributed by atoms with Gasteiger partial charge in [-0.3, -0.25) is 0 Å². The first-order valence-corrected chi connectivity index (χ1v) is 7.09. The number of hydrogen-bond acceptors (Lipinski definition) is 3. The van der Waals surface area contributed by atoms with E-state index in [1.165, 1.54) is 5.56 Å². The zero-order valence-corrected chi connectivity index (χ0v) is 12.7. The zero-order chi connectivity index (χ0) is 15.2. The van der Waals surface area contributed by atoms with Crippen LogP contribution < -0.4 is 10.1 Å². The van der Waals surface area contributed by atoms with E-state index in [9.17, 15) is 0 Å². The smallest absolute Gasteiger partial charge is 0.126 e. The quantitative estimate of drug-likeness (QED) is 0.903. The fourth-order valence-corrected chi connectivity index (χ4v) is 2.50. The predicted octanol–water partition coefficient (Wildman–Crippen LogP) is 3.90. The lowest BCUT2D eigenvalue weighted by atomic mass is 9.98. The number of nitrogens with zero attached hydrogens (tertiary/aromatic N) is 1. The van der Waals surface area contributed by atoms with Crippen molar-refractivity contribution in [3.8, 4) is 22.9 Å². The molecule has 0 aliphatic heterocycles. The molecule has 108 valence electrons. The van der Waals surface area contributed by atoms with Gasteiger partial charge >= 0.3 is 0 Å². The van der Waals surface area contributed by atoms with Crippen molar-refractivity contribution in [2.24, 2.45) is 0 Å². The Balaban J connectivity index is 2.41. The highest BCUT2D eigenvalue weighted by atomic mass is 16.5. The Labute approximate surface area is 126 Å². The molecular weight excluding hydrogens is 260 g/mol. The van der Waals surface area contributed by atoms with Crippen molar-refractivity contribution in [3.05, 3.63) is 53.6 Å². The summed E-state index contributed by atoms with van der Waals surface area (Å²) >= 11 is 0. The third-order valence-corrected chi connectivity index (χ3v) is 3.71. The fourth-order valence-electron chi connectivity index (χ4n) is 2.50. The van der Waals surface area contributed by atoms with Gasteiger partial charge in [0.25, 0.3) is 0 Å². The fraction of sp³-hybridized carbons (Fsp3) is 0.278. The van der Waals surface area contributed by atoms with Crippen LogP contribution in [0.25, 0.3) is 11.1 Å². The summed E-state index contributed by atoms with van der Waals surface area (Å²) in [6.45, 7) is 2.16. The van der Waals surface area contributed by atoms with Crippen LogP contribution in [0.4, 0.5) is 0 Å². The molecule has 0 aliphatic rings. The van der Waals surface area contributed by atoms with Crippen LogP contribution >= 0.6 is 0 Å². The van der Waals surface area contributed by atoms with E-state index in [1.807, 2.05) is 19.2 Å². The highest BCUT2D eigenvalue weighted by Gasteiger charge is 2.10. The lowest BCUT2D eigenvalue weighted by molar-refractivity contribution is 0.416. The highest BCUT2D eigenvalue weighted by Crippen LogP contribution is 2.31. The third-order valence-electron chi connectivity index (χ3n) is 3.71. The Morgan fingerprint density at radius 3 is 2.43 bits per heavy atom. The minimum absolute atomic E-state index is 0.367. The third kappa shape index (κ3) is 3.24. The van der Waals surface area contributed by atoms with E-state index in [1.54, 1.807) is 13.2 Å². The molecule has 2 aromatic rings. The summed E-state index contributed by atoms with van der Waals surface area (Å²) < 4.78 is 5.40. The normalized spacial score (nSPS) is 11.7. The summed E-state index contributed by atoms with van der Waals surface area (Å²) in [6, 6.07) is 16.4. The van der Waals surface area contributed by atoms with Gasteiger partial charge in [0.15, 0.2) is 0 Å². The van der Waals surface area contributed by atoms with Crippen molar-refractivity contribution in [2.45, 2.75) is 19.4 Å². The van der Waals surface area contributed by atoms with E-state index in [-0.39, 0.29) is 0 Å². The highest BCUT2D eigenvalue weighted by molar-refractivity contribution is 5.72. The van der Waals surface area contributed by atoms with Crippen LogP contribution in [0.2, 0.25) is 0 Å². The lowest BCUT2D eigenvalue weighted by Crippen LogP contribution is -2.14. The van der Waals surface area contributed by atoms with Crippen LogP contribution in [0.3, 0.4) is 0 Å². The molecule has 0 radical (unpaired) electrons. The molecule has 0 aliphatic carbocycles. The Hall–Kier alpha value is -2.31. The van der Waals surface area contributed by atoms with E-state index >= 15 is 0 Å². The van der Waals surface area contributed by atoms with Crippen LogP contribution in [-0.2, 0) is 0 Å². The van der Waals surface area contributed by atoms with Gasteiger partial charge in [0, 0.05) is 11.6 Å². The minimum atomic E-state index is 0.367. The molecule has 2 rings (SSSR count). The minimum Gasteiger partial charge on any atom is -0.496 e. The number of benzene rings is 2. The molecule has 2 aromatic carbocycles. The summed E-state index contributed by atoms with van der Waals surface area (Å²) in [6.07, 6.45) is 1.04. The van der Waals surface area contributed by atoms with Crippen LogP contribution in [-0.4, -0.2) is 14.2 Å². The molecule has 0 aromatic heterocycles. The molecule has 1 N–H and O–H groups in total. The van der Waals surface area contributed by atoms with Gasteiger partial charge < -0.3 is 10.1 Å². The second-order valence-corrected chi connectivity index (χ2v) is 4.90. The average Bonchev–Trinajstić information content (AvgIpc) is 2.56. The van der Waals surface area contributed by atoms with Gasteiger partial charge in [-0.25, -0.2) is 0 Å². The van der Waals surface area contributed by atoms with E-state index in [0.717, 1.165) is 23.3 Å². The lowest BCUT2D eigenvalue weighted by Gasteiger charge is -2.15. The van der Waals surface area contributed by atoms with Gasteiger partial charge in [-0.15, -0.1) is 0 Å². The summed E-state index contributed by atoms with van der Waals surface area (Å²) in [5.41, 5.74) is 3.90. The van der Waals surface area contributed by atoms with Crippen molar-refractivity contribution >= 4 is 0 Å². The Morgan fingerprint density at radius 1 is 1.19 bits per heavy atom. The Kier molecular flexibility index (Phi) is 4.97. The number of hydrogen-bond donors (Lipinski definition) is 1. The summed E-state index contributed by atoms with van der Waals surface area (Å²) in [7, 11) is 3.62.